The minimum absolute atomic E-state index is 0.0703. The van der Waals surface area contributed by atoms with Crippen molar-refractivity contribution in [3.63, 3.8) is 0 Å². The molecule has 0 amide bonds. The van der Waals surface area contributed by atoms with Crippen LogP contribution in [0.5, 0.6) is 17.2 Å². The lowest BCUT2D eigenvalue weighted by atomic mass is 10.0. The van der Waals surface area contributed by atoms with E-state index in [1.54, 1.807) is 14.2 Å². The van der Waals surface area contributed by atoms with Crippen molar-refractivity contribution in [1.82, 2.24) is 0 Å². The van der Waals surface area contributed by atoms with Crippen LogP contribution >= 0.6 is 0 Å². The van der Waals surface area contributed by atoms with E-state index < -0.39 is 0 Å². The third-order valence-electron chi connectivity index (χ3n) is 3.64. The fraction of sp³-hybridized carbons (Fsp3) is 0.294. The molecule has 1 N–H and O–H groups in total. The molecule has 0 saturated heterocycles. The molecule has 0 aromatic heterocycles. The van der Waals surface area contributed by atoms with Gasteiger partial charge in [0.25, 0.3) is 0 Å². The van der Waals surface area contributed by atoms with Gasteiger partial charge in [0.05, 0.1) is 26.5 Å². The Hall–Kier alpha value is -2.36. The Balaban J connectivity index is 1.78. The van der Waals surface area contributed by atoms with Gasteiger partial charge in [-0.1, -0.05) is 12.1 Å². The molecule has 1 heterocycles. The van der Waals surface area contributed by atoms with E-state index >= 15 is 0 Å². The molecule has 4 nitrogen and oxygen atoms in total. The molecule has 0 spiro atoms. The van der Waals surface area contributed by atoms with Crippen LogP contribution < -0.4 is 19.5 Å². The van der Waals surface area contributed by atoms with Gasteiger partial charge in [-0.3, -0.25) is 0 Å². The van der Waals surface area contributed by atoms with Crippen LogP contribution in [0.25, 0.3) is 0 Å². The predicted octanol–water partition coefficient (Wildman–Crippen LogP) is 3.12. The summed E-state index contributed by atoms with van der Waals surface area (Å²) in [5.41, 5.74) is 2.13. The molecule has 1 atom stereocenters. The Morgan fingerprint density at radius 2 is 2.00 bits per heavy atom. The smallest absolute Gasteiger partial charge is 0.142 e. The minimum Gasteiger partial charge on any atom is -0.497 e. The average Bonchev–Trinajstić information content (AvgIpc) is 2.54. The number of rotatable bonds is 4. The van der Waals surface area contributed by atoms with E-state index in [1.807, 2.05) is 42.5 Å². The number of benzene rings is 2. The van der Waals surface area contributed by atoms with Crippen molar-refractivity contribution in [3.8, 4) is 17.2 Å². The Labute approximate surface area is 124 Å². The maximum absolute atomic E-state index is 6.05. The topological polar surface area (TPSA) is 39.7 Å². The highest BCUT2D eigenvalue weighted by Gasteiger charge is 2.20. The number of ether oxygens (including phenoxy) is 3. The zero-order valence-corrected chi connectivity index (χ0v) is 12.3. The number of methoxy groups -OCH3 is 2. The Kier molecular flexibility index (Phi) is 3.86. The van der Waals surface area contributed by atoms with Gasteiger partial charge in [0, 0.05) is 12.0 Å². The highest BCUT2D eigenvalue weighted by atomic mass is 16.5. The van der Waals surface area contributed by atoms with Gasteiger partial charge in [-0.25, -0.2) is 0 Å². The number of para-hydroxylation sites is 2. The first-order valence-corrected chi connectivity index (χ1v) is 7.00. The molecule has 0 radical (unpaired) electrons. The number of hydrogen-bond donors (Lipinski definition) is 1. The maximum Gasteiger partial charge on any atom is 0.142 e. The number of anilines is 1. The minimum atomic E-state index is 0.0703. The van der Waals surface area contributed by atoms with Crippen molar-refractivity contribution in [3.05, 3.63) is 48.0 Å². The van der Waals surface area contributed by atoms with E-state index in [-0.39, 0.29) is 6.10 Å². The van der Waals surface area contributed by atoms with Crippen LogP contribution in [0.1, 0.15) is 5.56 Å². The fourth-order valence-corrected chi connectivity index (χ4v) is 2.56. The largest absolute Gasteiger partial charge is 0.497 e. The molecule has 0 fully saturated rings. The van der Waals surface area contributed by atoms with Crippen LogP contribution in [0.2, 0.25) is 0 Å². The standard InChI is InChI=1S/C17H19NO3/c1-19-13-7-8-16(20-2)12(9-13)10-14-11-18-15-5-3-4-6-17(15)21-14/h3-9,14,18H,10-11H2,1-2H3. The van der Waals surface area contributed by atoms with E-state index in [0.29, 0.717) is 0 Å². The molecule has 1 unspecified atom stereocenters. The zero-order valence-electron chi connectivity index (χ0n) is 12.3. The molecule has 1 aliphatic heterocycles. The van der Waals surface area contributed by atoms with Crippen LogP contribution in [0, 0.1) is 0 Å². The molecule has 0 bridgehead atoms. The molecule has 21 heavy (non-hydrogen) atoms. The summed E-state index contributed by atoms with van der Waals surface area (Å²) >= 11 is 0. The molecule has 0 saturated carbocycles. The quantitative estimate of drug-likeness (QED) is 0.937. The van der Waals surface area contributed by atoms with Crippen molar-refractivity contribution in [2.45, 2.75) is 12.5 Å². The molecule has 4 heteroatoms. The highest BCUT2D eigenvalue weighted by molar-refractivity contribution is 5.57. The fourth-order valence-electron chi connectivity index (χ4n) is 2.56. The zero-order chi connectivity index (χ0) is 14.7. The van der Waals surface area contributed by atoms with Crippen molar-refractivity contribution >= 4 is 5.69 Å². The summed E-state index contributed by atoms with van der Waals surface area (Å²) < 4.78 is 16.8. The van der Waals surface area contributed by atoms with Crippen LogP contribution in [-0.2, 0) is 6.42 Å². The Morgan fingerprint density at radius 1 is 1.14 bits per heavy atom. The number of hydrogen-bond acceptors (Lipinski definition) is 4. The first-order chi connectivity index (χ1) is 10.3. The van der Waals surface area contributed by atoms with Crippen molar-refractivity contribution in [1.29, 1.82) is 0 Å². The van der Waals surface area contributed by atoms with E-state index in [9.17, 15) is 0 Å². The lowest BCUT2D eigenvalue weighted by Crippen LogP contribution is -2.32. The van der Waals surface area contributed by atoms with Crippen molar-refractivity contribution in [2.75, 3.05) is 26.1 Å². The normalized spacial score (nSPS) is 16.4. The van der Waals surface area contributed by atoms with Crippen LogP contribution in [-0.4, -0.2) is 26.9 Å². The van der Waals surface area contributed by atoms with Gasteiger partial charge >= 0.3 is 0 Å². The van der Waals surface area contributed by atoms with Gasteiger partial charge in [0.15, 0.2) is 0 Å². The van der Waals surface area contributed by atoms with E-state index in [4.69, 9.17) is 14.2 Å². The van der Waals surface area contributed by atoms with Crippen molar-refractivity contribution in [2.24, 2.45) is 0 Å². The van der Waals surface area contributed by atoms with Gasteiger partial charge in [0.2, 0.25) is 0 Å². The molecular formula is C17H19NO3. The van der Waals surface area contributed by atoms with E-state index in [1.165, 1.54) is 0 Å². The second-order valence-corrected chi connectivity index (χ2v) is 5.00. The summed E-state index contributed by atoms with van der Waals surface area (Å²) in [4.78, 5) is 0. The van der Waals surface area contributed by atoms with Crippen molar-refractivity contribution < 1.29 is 14.2 Å². The van der Waals surface area contributed by atoms with Crippen LogP contribution in [0.4, 0.5) is 5.69 Å². The summed E-state index contributed by atoms with van der Waals surface area (Å²) in [5.74, 6) is 2.59. The first kappa shape index (κ1) is 13.6. The second-order valence-electron chi connectivity index (χ2n) is 5.00. The summed E-state index contributed by atoms with van der Waals surface area (Å²) in [6, 6.07) is 13.8. The Morgan fingerprint density at radius 3 is 2.81 bits per heavy atom. The van der Waals surface area contributed by atoms with Gasteiger partial charge < -0.3 is 19.5 Å². The monoisotopic (exact) mass is 285 g/mol. The van der Waals surface area contributed by atoms with Gasteiger partial charge in [0.1, 0.15) is 23.4 Å². The highest BCUT2D eigenvalue weighted by Crippen LogP contribution is 2.31. The van der Waals surface area contributed by atoms with E-state index in [2.05, 4.69) is 5.32 Å². The lowest BCUT2D eigenvalue weighted by Gasteiger charge is -2.27. The summed E-state index contributed by atoms with van der Waals surface area (Å²) in [7, 11) is 3.35. The molecule has 2 aromatic rings. The second kappa shape index (κ2) is 5.95. The molecule has 2 aromatic carbocycles. The predicted molar refractivity (Wildman–Crippen MR) is 82.6 cm³/mol. The van der Waals surface area contributed by atoms with Gasteiger partial charge in [-0.15, -0.1) is 0 Å². The van der Waals surface area contributed by atoms with Crippen LogP contribution in [0.3, 0.4) is 0 Å². The summed E-state index contributed by atoms with van der Waals surface area (Å²) in [6.07, 6.45) is 0.836. The summed E-state index contributed by atoms with van der Waals surface area (Å²) in [6.45, 7) is 0.775. The molecule has 1 aliphatic rings. The molecule has 3 rings (SSSR count). The maximum atomic E-state index is 6.05. The lowest BCUT2D eigenvalue weighted by molar-refractivity contribution is 0.205. The summed E-state index contributed by atoms with van der Waals surface area (Å²) in [5, 5.41) is 3.40. The van der Waals surface area contributed by atoms with E-state index in [0.717, 1.165) is 41.5 Å². The van der Waals surface area contributed by atoms with Gasteiger partial charge in [-0.2, -0.15) is 0 Å². The van der Waals surface area contributed by atoms with Gasteiger partial charge in [-0.05, 0) is 30.3 Å². The third kappa shape index (κ3) is 2.89. The molecular weight excluding hydrogens is 266 g/mol. The number of fused-ring (bicyclic) bond motifs is 1. The Bertz CT molecular complexity index is 627. The van der Waals surface area contributed by atoms with Crippen LogP contribution in [0.15, 0.2) is 42.5 Å². The molecule has 110 valence electrons. The molecule has 0 aliphatic carbocycles. The number of nitrogens with one attached hydrogen (secondary N) is 1. The SMILES string of the molecule is COc1ccc(OC)c(CC2CNc3ccccc3O2)c1. The first-order valence-electron chi connectivity index (χ1n) is 7.00. The third-order valence-corrected chi connectivity index (χ3v) is 3.64. The average molecular weight is 285 g/mol.